The Kier molecular flexibility index (Phi) is 16.1. The molecule has 8 rings (SSSR count). The van der Waals surface area contributed by atoms with Crippen molar-refractivity contribution < 1.29 is 4.74 Å². The van der Waals surface area contributed by atoms with Crippen LogP contribution in [0.5, 0.6) is 0 Å². The molecule has 1 aliphatic rings. The number of tetrazole rings is 1. The van der Waals surface area contributed by atoms with Crippen molar-refractivity contribution in [2.75, 3.05) is 32.8 Å². The Hall–Kier alpha value is -5.79. The molecule has 3 aromatic heterocycles. The van der Waals surface area contributed by atoms with Gasteiger partial charge < -0.3 is 18.8 Å². The van der Waals surface area contributed by atoms with Crippen LogP contribution in [0.25, 0.3) is 0 Å². The standard InChI is InChI=1S/C53H67N11O/c1-4-32-60(33-5-2)34-16-17-35-61(43-51-56-57-58-64(51)52-25-15-18-38-65-52)39-44-26-28-45(29-27-44)40-62(41-49-54-30-36-59(49)3)42-50-55-31-37-63(50)53(46-19-9-6-10-20-46,47-21-11-7-12-22-47)48-23-13-8-14-24-48/h6-14,19-24,26-31,36-37,52H,4-5,15-18,25,32-35,38-43H2,1-3H3. The van der Waals surface area contributed by atoms with Crippen LogP contribution in [-0.4, -0.2) is 86.8 Å². The Morgan fingerprint density at radius 2 is 1.12 bits per heavy atom. The number of hydrogen-bond acceptors (Lipinski definition) is 9. The van der Waals surface area contributed by atoms with Crippen molar-refractivity contribution in [2.24, 2.45) is 7.05 Å². The Bertz CT molecular complexity index is 2320. The molecule has 0 N–H and O–H groups in total. The fourth-order valence-electron chi connectivity index (χ4n) is 9.60. The molecule has 1 unspecified atom stereocenters. The molecule has 0 bridgehead atoms. The first-order chi connectivity index (χ1) is 32.0. The predicted octanol–water partition coefficient (Wildman–Crippen LogP) is 9.25. The Morgan fingerprint density at radius 3 is 1.68 bits per heavy atom. The second kappa shape index (κ2) is 22.9. The van der Waals surface area contributed by atoms with Gasteiger partial charge in [0.2, 0.25) is 0 Å². The molecule has 1 atom stereocenters. The molecule has 1 fully saturated rings. The van der Waals surface area contributed by atoms with Gasteiger partial charge in [0.05, 0.1) is 19.6 Å². The first-order valence-electron chi connectivity index (χ1n) is 23.8. The average Bonchev–Trinajstić information content (AvgIpc) is 4.12. The van der Waals surface area contributed by atoms with Gasteiger partial charge in [0.1, 0.15) is 17.2 Å². The number of aromatic nitrogens is 8. The summed E-state index contributed by atoms with van der Waals surface area (Å²) < 4.78 is 12.5. The third-order valence-electron chi connectivity index (χ3n) is 12.8. The number of unbranched alkanes of at least 4 members (excludes halogenated alkanes) is 1. The summed E-state index contributed by atoms with van der Waals surface area (Å²) in [5.74, 6) is 2.84. The number of aryl methyl sites for hydroxylation is 1. The van der Waals surface area contributed by atoms with E-state index in [-0.39, 0.29) is 6.23 Å². The van der Waals surface area contributed by atoms with Gasteiger partial charge in [0.15, 0.2) is 12.1 Å². The van der Waals surface area contributed by atoms with Crippen LogP contribution in [-0.2, 0) is 50.0 Å². The molecule has 1 saturated heterocycles. The summed E-state index contributed by atoms with van der Waals surface area (Å²) in [6.45, 7) is 13.2. The molecule has 0 radical (unpaired) electrons. The van der Waals surface area contributed by atoms with E-state index in [1.165, 1.54) is 47.1 Å². The van der Waals surface area contributed by atoms with Gasteiger partial charge in [-0.3, -0.25) is 9.80 Å². The summed E-state index contributed by atoms with van der Waals surface area (Å²) in [5, 5.41) is 13.0. The van der Waals surface area contributed by atoms with E-state index >= 15 is 0 Å². The summed E-state index contributed by atoms with van der Waals surface area (Å²) in [6.07, 6.45) is 15.7. The zero-order valence-electron chi connectivity index (χ0n) is 38.7. The fraction of sp³-hybridized carbons (Fsp3) is 0.415. The highest BCUT2D eigenvalue weighted by Crippen LogP contribution is 2.41. The van der Waals surface area contributed by atoms with E-state index in [2.05, 4.69) is 182 Å². The molecule has 12 heteroatoms. The lowest BCUT2D eigenvalue weighted by atomic mass is 9.76. The lowest BCUT2D eigenvalue weighted by molar-refractivity contribution is -0.0433. The van der Waals surface area contributed by atoms with E-state index in [1.807, 2.05) is 23.3 Å². The summed E-state index contributed by atoms with van der Waals surface area (Å²) in [6, 6.07) is 41.7. The number of imidazole rings is 2. The molecule has 12 nitrogen and oxygen atoms in total. The molecule has 7 aromatic rings. The second-order valence-corrected chi connectivity index (χ2v) is 17.6. The maximum absolute atomic E-state index is 6.12. The highest BCUT2D eigenvalue weighted by molar-refractivity contribution is 5.51. The van der Waals surface area contributed by atoms with Gasteiger partial charge >= 0.3 is 0 Å². The van der Waals surface area contributed by atoms with Crippen LogP contribution in [0, 0.1) is 0 Å². The first kappa shape index (κ1) is 45.8. The number of ether oxygens (including phenoxy) is 1. The minimum Gasteiger partial charge on any atom is -0.356 e. The van der Waals surface area contributed by atoms with Crippen molar-refractivity contribution in [3.8, 4) is 0 Å². The van der Waals surface area contributed by atoms with E-state index in [0.29, 0.717) is 19.6 Å². The Labute approximate surface area is 385 Å². The first-order valence-corrected chi connectivity index (χ1v) is 23.8. The maximum atomic E-state index is 6.12. The van der Waals surface area contributed by atoms with E-state index in [4.69, 9.17) is 14.7 Å². The van der Waals surface area contributed by atoms with Crippen LogP contribution in [0.4, 0.5) is 0 Å². The van der Waals surface area contributed by atoms with Gasteiger partial charge in [-0.05, 0) is 109 Å². The molecule has 0 aliphatic carbocycles. The minimum absolute atomic E-state index is 0.0928. The molecule has 0 spiro atoms. The Morgan fingerprint density at radius 1 is 0.585 bits per heavy atom. The van der Waals surface area contributed by atoms with Crippen LogP contribution in [0.15, 0.2) is 140 Å². The Balaban J connectivity index is 1.05. The lowest BCUT2D eigenvalue weighted by Gasteiger charge is -2.39. The molecule has 65 heavy (non-hydrogen) atoms. The molecule has 340 valence electrons. The van der Waals surface area contributed by atoms with E-state index in [1.54, 1.807) is 0 Å². The van der Waals surface area contributed by atoms with Crippen molar-refractivity contribution in [3.63, 3.8) is 0 Å². The third kappa shape index (κ3) is 11.4. The van der Waals surface area contributed by atoms with Crippen LogP contribution < -0.4 is 0 Å². The molecule has 0 saturated carbocycles. The molecule has 0 amide bonds. The fourth-order valence-corrected chi connectivity index (χ4v) is 9.60. The number of rotatable bonds is 24. The zero-order valence-corrected chi connectivity index (χ0v) is 38.7. The monoisotopic (exact) mass is 874 g/mol. The minimum atomic E-state index is -0.658. The van der Waals surface area contributed by atoms with Gasteiger partial charge in [0.25, 0.3) is 0 Å². The summed E-state index contributed by atoms with van der Waals surface area (Å²) >= 11 is 0. The quantitative estimate of drug-likeness (QED) is 0.0435. The molecule has 1 aliphatic heterocycles. The smallest absolute Gasteiger partial charge is 0.168 e. The van der Waals surface area contributed by atoms with E-state index in [9.17, 15) is 0 Å². The van der Waals surface area contributed by atoms with Crippen LogP contribution in [0.3, 0.4) is 0 Å². The third-order valence-corrected chi connectivity index (χ3v) is 12.8. The zero-order chi connectivity index (χ0) is 44.7. The van der Waals surface area contributed by atoms with Gasteiger partial charge in [0, 0.05) is 51.5 Å². The molecule has 4 aromatic carbocycles. The average molecular weight is 874 g/mol. The highest BCUT2D eigenvalue weighted by atomic mass is 16.5. The predicted molar refractivity (Wildman–Crippen MR) is 256 cm³/mol. The second-order valence-electron chi connectivity index (χ2n) is 17.6. The molecular weight excluding hydrogens is 807 g/mol. The number of benzene rings is 4. The SMILES string of the molecule is CCCN(CCC)CCCCN(Cc1ccc(CN(Cc2nccn2C)Cc2nccn2C(c2ccccc2)(c2ccccc2)c2ccccc2)cc1)Cc1nnnn1C1CCCCO1. The largest absolute Gasteiger partial charge is 0.356 e. The van der Waals surface area contributed by atoms with Crippen LogP contribution >= 0.6 is 0 Å². The van der Waals surface area contributed by atoms with Gasteiger partial charge in [-0.2, -0.15) is 4.68 Å². The lowest BCUT2D eigenvalue weighted by Crippen LogP contribution is -2.39. The number of nitrogens with zero attached hydrogens (tertiary/aromatic N) is 11. The molecule has 4 heterocycles. The van der Waals surface area contributed by atoms with Crippen LogP contribution in [0.1, 0.15) is 110 Å². The highest BCUT2D eigenvalue weighted by Gasteiger charge is 2.40. The van der Waals surface area contributed by atoms with Crippen molar-refractivity contribution >= 4 is 0 Å². The molecular formula is C53H67N11O. The topological polar surface area (TPSA) is 98.2 Å². The number of hydrogen-bond donors (Lipinski definition) is 0. The van der Waals surface area contributed by atoms with Crippen molar-refractivity contribution in [3.05, 3.63) is 185 Å². The van der Waals surface area contributed by atoms with Crippen molar-refractivity contribution in [1.82, 2.24) is 54.0 Å². The van der Waals surface area contributed by atoms with Gasteiger partial charge in [-0.15, -0.1) is 5.10 Å². The van der Waals surface area contributed by atoms with Gasteiger partial charge in [-0.1, -0.05) is 129 Å². The summed E-state index contributed by atoms with van der Waals surface area (Å²) in [4.78, 5) is 17.5. The summed E-state index contributed by atoms with van der Waals surface area (Å²) in [7, 11) is 2.07. The van der Waals surface area contributed by atoms with Crippen LogP contribution in [0.2, 0.25) is 0 Å². The normalized spacial score (nSPS) is 14.5. The van der Waals surface area contributed by atoms with Crippen molar-refractivity contribution in [2.45, 2.75) is 103 Å². The van der Waals surface area contributed by atoms with E-state index < -0.39 is 5.54 Å². The maximum Gasteiger partial charge on any atom is 0.168 e. The summed E-state index contributed by atoms with van der Waals surface area (Å²) in [5.41, 5.74) is 5.36. The van der Waals surface area contributed by atoms with E-state index in [0.717, 1.165) is 89.0 Å². The van der Waals surface area contributed by atoms with Gasteiger partial charge in [-0.25, -0.2) is 9.97 Å². The van der Waals surface area contributed by atoms with Crippen molar-refractivity contribution in [1.29, 1.82) is 0 Å².